The van der Waals surface area contributed by atoms with Gasteiger partial charge in [0.05, 0.1) is 16.6 Å². The van der Waals surface area contributed by atoms with Crippen molar-refractivity contribution in [2.75, 3.05) is 0 Å². The first-order chi connectivity index (χ1) is 9.02. The molecule has 20 heavy (non-hydrogen) atoms. The van der Waals surface area contributed by atoms with E-state index in [0.29, 0.717) is 0 Å². The molecular weight excluding hydrogens is 352 g/mol. The highest BCUT2D eigenvalue weighted by Gasteiger charge is 2.31. The Kier molecular flexibility index (Phi) is 6.85. The predicted octanol–water partition coefficient (Wildman–Crippen LogP) is 4.09. The molecule has 1 aliphatic rings. The molecule has 6 heteroatoms. The summed E-state index contributed by atoms with van der Waals surface area (Å²) in [4.78, 5) is 0. The van der Waals surface area contributed by atoms with Crippen molar-refractivity contribution in [3.05, 3.63) is 33.8 Å². The highest BCUT2D eigenvalue weighted by atomic mass is 79.9. The van der Waals surface area contributed by atoms with Gasteiger partial charge < -0.3 is 10.8 Å². The summed E-state index contributed by atoms with van der Waals surface area (Å²) in [6.07, 6.45) is 4.06. The molecule has 1 aliphatic carbocycles. The molecule has 0 heterocycles. The van der Waals surface area contributed by atoms with Crippen molar-refractivity contribution in [2.45, 2.75) is 44.2 Å². The minimum atomic E-state index is -1.03. The molecule has 2 atom stereocenters. The molecule has 0 spiro atoms. The zero-order valence-electron chi connectivity index (χ0n) is 11.0. The molecule has 0 unspecified atom stereocenters. The van der Waals surface area contributed by atoms with Crippen LogP contribution in [0.2, 0.25) is 0 Å². The Balaban J connectivity index is 0.00000200. The second kappa shape index (κ2) is 7.69. The third-order valence-electron chi connectivity index (χ3n) is 3.91. The van der Waals surface area contributed by atoms with Gasteiger partial charge in [0, 0.05) is 5.56 Å². The monoisotopic (exact) mass is 369 g/mol. The van der Waals surface area contributed by atoms with Crippen molar-refractivity contribution in [3.63, 3.8) is 0 Å². The Bertz CT molecular complexity index is 455. The largest absolute Gasteiger partial charge is 0.391 e. The molecular formula is C14H19BrClF2NO. The average molecular weight is 371 g/mol. The van der Waals surface area contributed by atoms with Gasteiger partial charge in [-0.3, -0.25) is 0 Å². The number of benzene rings is 1. The third kappa shape index (κ3) is 3.70. The van der Waals surface area contributed by atoms with Gasteiger partial charge >= 0.3 is 0 Å². The Morgan fingerprint density at radius 3 is 2.40 bits per heavy atom. The van der Waals surface area contributed by atoms with Crippen LogP contribution in [0.25, 0.3) is 0 Å². The van der Waals surface area contributed by atoms with Crippen molar-refractivity contribution < 1.29 is 13.9 Å². The molecule has 0 radical (unpaired) electrons. The van der Waals surface area contributed by atoms with Crippen molar-refractivity contribution in [1.29, 1.82) is 0 Å². The van der Waals surface area contributed by atoms with E-state index in [1.807, 2.05) is 0 Å². The maximum atomic E-state index is 14.0. The quantitative estimate of drug-likeness (QED) is 0.787. The number of aliphatic hydroxyl groups excluding tert-OH is 1. The molecule has 114 valence electrons. The number of hydrogen-bond donors (Lipinski definition) is 2. The Morgan fingerprint density at radius 2 is 1.80 bits per heavy atom. The van der Waals surface area contributed by atoms with Crippen LogP contribution in [0, 0.1) is 17.6 Å². The molecule has 1 fully saturated rings. The van der Waals surface area contributed by atoms with Crippen LogP contribution in [-0.2, 0) is 0 Å². The molecule has 2 rings (SSSR count). The fourth-order valence-corrected chi connectivity index (χ4v) is 3.13. The number of nitrogens with two attached hydrogens (primary N) is 1. The van der Waals surface area contributed by atoms with E-state index in [1.54, 1.807) is 0 Å². The summed E-state index contributed by atoms with van der Waals surface area (Å²) in [5.74, 6) is -1.40. The summed E-state index contributed by atoms with van der Waals surface area (Å²) in [6, 6.07) is 1.43. The van der Waals surface area contributed by atoms with Gasteiger partial charge in [-0.05, 0) is 46.8 Å². The Morgan fingerprint density at radius 1 is 1.20 bits per heavy atom. The van der Waals surface area contributed by atoms with E-state index in [1.165, 1.54) is 6.07 Å². The van der Waals surface area contributed by atoms with Crippen molar-refractivity contribution in [1.82, 2.24) is 0 Å². The zero-order chi connectivity index (χ0) is 14.0. The first-order valence-corrected chi connectivity index (χ1v) is 7.38. The first-order valence-electron chi connectivity index (χ1n) is 6.59. The van der Waals surface area contributed by atoms with Crippen LogP contribution in [0.3, 0.4) is 0 Å². The SMILES string of the molecule is Cl.N[C@H](c1c(F)ccc(Br)c1F)[C@@H](O)C1CCCCC1. The molecule has 1 saturated carbocycles. The zero-order valence-corrected chi connectivity index (χ0v) is 13.4. The molecule has 1 aromatic rings. The number of hydrogen-bond acceptors (Lipinski definition) is 2. The van der Waals surface area contributed by atoms with E-state index in [9.17, 15) is 13.9 Å². The summed E-state index contributed by atoms with van der Waals surface area (Å²) in [5.41, 5.74) is 5.66. The van der Waals surface area contributed by atoms with Gasteiger partial charge in [-0.15, -0.1) is 12.4 Å². The lowest BCUT2D eigenvalue weighted by molar-refractivity contribution is 0.0596. The molecule has 3 N–H and O–H groups in total. The van der Waals surface area contributed by atoms with Crippen LogP contribution >= 0.6 is 28.3 Å². The summed E-state index contributed by atoms with van der Waals surface area (Å²) in [6.45, 7) is 0. The lowest BCUT2D eigenvalue weighted by Gasteiger charge is -2.31. The van der Waals surface area contributed by atoms with Crippen molar-refractivity contribution in [2.24, 2.45) is 11.7 Å². The number of rotatable bonds is 3. The fourth-order valence-electron chi connectivity index (χ4n) is 2.79. The maximum absolute atomic E-state index is 14.0. The van der Waals surface area contributed by atoms with E-state index in [2.05, 4.69) is 15.9 Å². The van der Waals surface area contributed by atoms with Gasteiger partial charge in [0.15, 0.2) is 0 Å². The van der Waals surface area contributed by atoms with Gasteiger partial charge in [-0.25, -0.2) is 8.78 Å². The van der Waals surface area contributed by atoms with E-state index in [-0.39, 0.29) is 28.4 Å². The number of halogens is 4. The molecule has 0 amide bonds. The van der Waals surface area contributed by atoms with E-state index in [4.69, 9.17) is 5.73 Å². The lowest BCUT2D eigenvalue weighted by atomic mass is 9.81. The van der Waals surface area contributed by atoms with Crippen LogP contribution in [0.1, 0.15) is 43.7 Å². The molecule has 0 saturated heterocycles. The second-order valence-corrected chi connectivity index (χ2v) is 6.03. The minimum absolute atomic E-state index is 0. The van der Waals surface area contributed by atoms with E-state index < -0.39 is 23.8 Å². The standard InChI is InChI=1S/C14H18BrF2NO.ClH/c15-9-6-7-10(16)11(12(9)17)13(18)14(19)8-4-2-1-3-5-8;/h6-8,13-14,19H,1-5,18H2;1H/t13-,14+;/m1./s1. The molecule has 0 bridgehead atoms. The fraction of sp³-hybridized carbons (Fsp3) is 0.571. The summed E-state index contributed by atoms with van der Waals surface area (Å²) in [5, 5.41) is 10.3. The normalized spacial score (nSPS) is 19.2. The topological polar surface area (TPSA) is 46.2 Å². The van der Waals surface area contributed by atoms with Crippen LogP contribution in [0.5, 0.6) is 0 Å². The first kappa shape index (κ1) is 17.8. The molecule has 1 aromatic carbocycles. The van der Waals surface area contributed by atoms with E-state index >= 15 is 0 Å². The average Bonchev–Trinajstić information content (AvgIpc) is 2.43. The molecule has 0 aromatic heterocycles. The summed E-state index contributed by atoms with van der Waals surface area (Å²) in [7, 11) is 0. The van der Waals surface area contributed by atoms with Crippen LogP contribution in [0.15, 0.2) is 16.6 Å². The molecule has 0 aliphatic heterocycles. The smallest absolute Gasteiger partial charge is 0.145 e. The predicted molar refractivity (Wildman–Crippen MR) is 80.8 cm³/mol. The summed E-state index contributed by atoms with van der Waals surface area (Å²) >= 11 is 3.01. The van der Waals surface area contributed by atoms with Gasteiger partial charge in [0.2, 0.25) is 0 Å². The second-order valence-electron chi connectivity index (χ2n) is 5.17. The van der Waals surface area contributed by atoms with Crippen LogP contribution in [-0.4, -0.2) is 11.2 Å². The minimum Gasteiger partial charge on any atom is -0.391 e. The molecule has 2 nitrogen and oxygen atoms in total. The summed E-state index contributed by atoms with van der Waals surface area (Å²) < 4.78 is 27.9. The number of aliphatic hydroxyl groups is 1. The van der Waals surface area contributed by atoms with Gasteiger partial charge in [-0.2, -0.15) is 0 Å². The Hall–Kier alpha value is -0.230. The maximum Gasteiger partial charge on any atom is 0.145 e. The van der Waals surface area contributed by atoms with Gasteiger partial charge in [0.25, 0.3) is 0 Å². The van der Waals surface area contributed by atoms with E-state index in [0.717, 1.165) is 38.2 Å². The Labute approximate surface area is 132 Å². The van der Waals surface area contributed by atoms with Gasteiger partial charge in [-0.1, -0.05) is 19.3 Å². The lowest BCUT2D eigenvalue weighted by Crippen LogP contribution is -2.35. The highest BCUT2D eigenvalue weighted by molar-refractivity contribution is 9.10. The third-order valence-corrected chi connectivity index (χ3v) is 4.53. The van der Waals surface area contributed by atoms with Crippen LogP contribution < -0.4 is 5.73 Å². The van der Waals surface area contributed by atoms with Crippen molar-refractivity contribution >= 4 is 28.3 Å². The highest BCUT2D eigenvalue weighted by Crippen LogP contribution is 2.34. The van der Waals surface area contributed by atoms with Crippen molar-refractivity contribution in [3.8, 4) is 0 Å². The van der Waals surface area contributed by atoms with Gasteiger partial charge in [0.1, 0.15) is 11.6 Å². The van der Waals surface area contributed by atoms with Crippen LogP contribution in [0.4, 0.5) is 8.78 Å².